The third-order valence-electron chi connectivity index (χ3n) is 5.17. The third-order valence-corrected chi connectivity index (χ3v) is 5.17. The summed E-state index contributed by atoms with van der Waals surface area (Å²) in [6, 6.07) is 15.5. The summed E-state index contributed by atoms with van der Waals surface area (Å²) in [5, 5.41) is 2.59. The van der Waals surface area contributed by atoms with Crippen molar-refractivity contribution in [2.75, 3.05) is 7.11 Å². The Morgan fingerprint density at radius 1 is 0.879 bits per heavy atom. The first-order valence-corrected chi connectivity index (χ1v) is 10.7. The number of rotatable bonds is 11. The molecule has 0 fully saturated rings. The summed E-state index contributed by atoms with van der Waals surface area (Å²) >= 11 is 0. The van der Waals surface area contributed by atoms with Crippen LogP contribution in [0.5, 0.6) is 0 Å². The minimum Gasteiger partial charge on any atom is -0.468 e. The van der Waals surface area contributed by atoms with Gasteiger partial charge in [-0.2, -0.15) is 0 Å². The smallest absolute Gasteiger partial charge is 0.408 e. The second kappa shape index (κ2) is 12.5. The van der Waals surface area contributed by atoms with E-state index in [1.54, 1.807) is 13.8 Å². The fraction of sp³-hybridized carbons (Fsp3) is 0.360. The summed E-state index contributed by atoms with van der Waals surface area (Å²) in [4.78, 5) is 50.6. The van der Waals surface area contributed by atoms with E-state index < -0.39 is 47.5 Å². The molecular weight excluding hydrogens is 424 g/mol. The largest absolute Gasteiger partial charge is 0.468 e. The summed E-state index contributed by atoms with van der Waals surface area (Å²) < 4.78 is 9.82. The molecule has 0 spiro atoms. The summed E-state index contributed by atoms with van der Waals surface area (Å²) in [6.07, 6.45) is -0.648. The Morgan fingerprint density at radius 3 is 1.94 bits per heavy atom. The van der Waals surface area contributed by atoms with Crippen LogP contribution in [0.2, 0.25) is 0 Å². The summed E-state index contributed by atoms with van der Waals surface area (Å²) in [5.41, 5.74) is 7.30. The molecule has 0 aliphatic carbocycles. The molecule has 2 aromatic rings. The number of carbonyl (C=O) groups excluding carboxylic acids is 4. The molecule has 0 aliphatic heterocycles. The number of carbonyl (C=O) groups is 4. The summed E-state index contributed by atoms with van der Waals surface area (Å²) in [6.45, 7) is 3.38. The first kappa shape index (κ1) is 25.7. The first-order valence-electron chi connectivity index (χ1n) is 10.7. The van der Waals surface area contributed by atoms with E-state index in [0.29, 0.717) is 0 Å². The molecule has 0 saturated heterocycles. The quantitative estimate of drug-likeness (QED) is 0.395. The summed E-state index contributed by atoms with van der Waals surface area (Å²) in [5.74, 6) is -3.88. The van der Waals surface area contributed by atoms with Gasteiger partial charge in [-0.1, -0.05) is 74.5 Å². The number of nitrogens with one attached hydrogen (secondary N) is 1. The average molecular weight is 455 g/mol. The number of benzene rings is 2. The van der Waals surface area contributed by atoms with Crippen LogP contribution in [0.3, 0.4) is 0 Å². The lowest BCUT2D eigenvalue weighted by Gasteiger charge is -2.26. The monoisotopic (exact) mass is 454 g/mol. The van der Waals surface area contributed by atoms with Gasteiger partial charge < -0.3 is 20.5 Å². The van der Waals surface area contributed by atoms with Gasteiger partial charge in [0.25, 0.3) is 0 Å². The molecule has 2 rings (SSSR count). The van der Waals surface area contributed by atoms with Crippen LogP contribution in [0.25, 0.3) is 0 Å². The molecule has 0 aromatic heterocycles. The van der Waals surface area contributed by atoms with E-state index in [-0.39, 0.29) is 13.0 Å². The molecule has 2 unspecified atom stereocenters. The molecule has 3 N–H and O–H groups in total. The zero-order chi connectivity index (χ0) is 24.4. The van der Waals surface area contributed by atoms with E-state index in [9.17, 15) is 19.2 Å². The van der Waals surface area contributed by atoms with Gasteiger partial charge >= 0.3 is 12.1 Å². The lowest BCUT2D eigenvalue weighted by molar-refractivity contribution is -0.147. The normalized spacial score (nSPS) is 13.5. The zero-order valence-corrected chi connectivity index (χ0v) is 19.0. The van der Waals surface area contributed by atoms with Crippen LogP contribution in [0.4, 0.5) is 4.79 Å². The maximum Gasteiger partial charge on any atom is 0.408 e. The second-order valence-corrected chi connectivity index (χ2v) is 7.98. The van der Waals surface area contributed by atoms with Crippen molar-refractivity contribution < 1.29 is 28.7 Å². The molecule has 0 aliphatic rings. The number of amides is 1. The third kappa shape index (κ3) is 7.54. The highest BCUT2D eigenvalue weighted by Gasteiger charge is 2.40. The zero-order valence-electron chi connectivity index (χ0n) is 19.0. The highest BCUT2D eigenvalue weighted by molar-refractivity contribution is 6.14. The van der Waals surface area contributed by atoms with E-state index in [1.165, 1.54) is 0 Å². The molecule has 8 heteroatoms. The SMILES string of the molecule is COC(=O)C(N)C(=O)C(C(=O)[C@H](Cc1ccccc1)NC(=O)OCc1ccccc1)C(C)C. The lowest BCUT2D eigenvalue weighted by atomic mass is 9.81. The van der Waals surface area contributed by atoms with Gasteiger partial charge in [0.1, 0.15) is 6.61 Å². The van der Waals surface area contributed by atoms with Crippen LogP contribution in [0, 0.1) is 11.8 Å². The van der Waals surface area contributed by atoms with E-state index in [0.717, 1.165) is 18.2 Å². The molecule has 2 aromatic carbocycles. The predicted octanol–water partition coefficient (Wildman–Crippen LogP) is 2.43. The van der Waals surface area contributed by atoms with Crippen molar-refractivity contribution in [3.05, 3.63) is 71.8 Å². The first-order chi connectivity index (χ1) is 15.7. The number of hydrogen-bond acceptors (Lipinski definition) is 7. The fourth-order valence-corrected chi connectivity index (χ4v) is 3.43. The molecule has 0 heterocycles. The van der Waals surface area contributed by atoms with E-state index >= 15 is 0 Å². The Labute approximate surface area is 193 Å². The standard InChI is InChI=1S/C25H30N2O6/c1-16(2)20(23(29)21(26)24(30)32-3)22(28)19(14-17-10-6-4-7-11-17)27-25(31)33-15-18-12-8-5-9-13-18/h4-13,16,19-21H,14-15,26H2,1-3H3,(H,27,31)/t19-,20?,21?/m0/s1. The number of Topliss-reactive ketones (excluding diaryl/α,β-unsaturated/α-hetero) is 2. The van der Waals surface area contributed by atoms with Gasteiger partial charge in [0.2, 0.25) is 0 Å². The Morgan fingerprint density at radius 2 is 1.42 bits per heavy atom. The van der Waals surface area contributed by atoms with Crippen molar-refractivity contribution in [1.29, 1.82) is 0 Å². The minimum absolute atomic E-state index is 0.0265. The van der Waals surface area contributed by atoms with Crippen molar-refractivity contribution in [3.63, 3.8) is 0 Å². The highest BCUT2D eigenvalue weighted by atomic mass is 16.5. The Bertz CT molecular complexity index is 946. The maximum absolute atomic E-state index is 13.5. The van der Waals surface area contributed by atoms with Gasteiger partial charge in [0.05, 0.1) is 19.1 Å². The molecule has 176 valence electrons. The molecule has 3 atom stereocenters. The molecule has 0 saturated carbocycles. The van der Waals surface area contributed by atoms with Crippen molar-refractivity contribution in [2.45, 2.75) is 39.0 Å². The molecule has 8 nitrogen and oxygen atoms in total. The average Bonchev–Trinajstić information content (AvgIpc) is 2.82. The van der Waals surface area contributed by atoms with Crippen molar-refractivity contribution in [1.82, 2.24) is 5.32 Å². The minimum atomic E-state index is -1.59. The van der Waals surface area contributed by atoms with Crippen LogP contribution >= 0.6 is 0 Å². The number of alkyl carbamates (subject to hydrolysis) is 1. The van der Waals surface area contributed by atoms with Crippen LogP contribution in [0.1, 0.15) is 25.0 Å². The van der Waals surface area contributed by atoms with Crippen molar-refractivity contribution in [2.24, 2.45) is 17.6 Å². The van der Waals surface area contributed by atoms with Crippen molar-refractivity contribution in [3.8, 4) is 0 Å². The van der Waals surface area contributed by atoms with Crippen LogP contribution < -0.4 is 11.1 Å². The number of ether oxygens (including phenoxy) is 2. The maximum atomic E-state index is 13.5. The Balaban J connectivity index is 2.22. The summed E-state index contributed by atoms with van der Waals surface area (Å²) in [7, 11) is 1.12. The van der Waals surface area contributed by atoms with Crippen LogP contribution in [0.15, 0.2) is 60.7 Å². The van der Waals surface area contributed by atoms with Gasteiger partial charge in [0.15, 0.2) is 17.6 Å². The number of nitrogens with two attached hydrogens (primary N) is 1. The lowest BCUT2D eigenvalue weighted by Crippen LogP contribution is -2.52. The number of hydrogen-bond donors (Lipinski definition) is 2. The number of methoxy groups -OCH3 is 1. The van der Waals surface area contributed by atoms with Crippen LogP contribution in [-0.2, 0) is 36.9 Å². The van der Waals surface area contributed by atoms with Crippen molar-refractivity contribution >= 4 is 23.6 Å². The Hall–Kier alpha value is -3.52. The highest BCUT2D eigenvalue weighted by Crippen LogP contribution is 2.19. The van der Waals surface area contributed by atoms with Gasteiger partial charge in [-0.25, -0.2) is 9.59 Å². The molecular formula is C25H30N2O6. The van der Waals surface area contributed by atoms with E-state index in [2.05, 4.69) is 10.1 Å². The van der Waals surface area contributed by atoms with E-state index in [4.69, 9.17) is 10.5 Å². The molecule has 33 heavy (non-hydrogen) atoms. The Kier molecular flexibility index (Phi) is 9.75. The second-order valence-electron chi connectivity index (χ2n) is 7.98. The molecule has 0 bridgehead atoms. The number of ketones is 2. The van der Waals surface area contributed by atoms with Gasteiger partial charge in [-0.15, -0.1) is 0 Å². The van der Waals surface area contributed by atoms with Gasteiger partial charge in [0, 0.05) is 0 Å². The predicted molar refractivity (Wildman–Crippen MR) is 122 cm³/mol. The van der Waals surface area contributed by atoms with Crippen LogP contribution in [-0.4, -0.2) is 42.8 Å². The van der Waals surface area contributed by atoms with Gasteiger partial charge in [-0.3, -0.25) is 9.59 Å². The molecule has 1 amide bonds. The topological polar surface area (TPSA) is 125 Å². The van der Waals surface area contributed by atoms with E-state index in [1.807, 2.05) is 60.7 Å². The van der Waals surface area contributed by atoms with Gasteiger partial charge in [-0.05, 0) is 23.5 Å². The fourth-order valence-electron chi connectivity index (χ4n) is 3.43. The molecule has 0 radical (unpaired) electrons. The number of esters is 1.